The van der Waals surface area contributed by atoms with Gasteiger partial charge in [0.25, 0.3) is 0 Å². The molecule has 4 nitrogen and oxygen atoms in total. The summed E-state index contributed by atoms with van der Waals surface area (Å²) in [6, 6.07) is 6.01. The van der Waals surface area contributed by atoms with Gasteiger partial charge in [-0.2, -0.15) is 0 Å². The summed E-state index contributed by atoms with van der Waals surface area (Å²) in [5, 5.41) is 0. The summed E-state index contributed by atoms with van der Waals surface area (Å²) in [5.41, 5.74) is 4.10. The molecule has 0 saturated carbocycles. The Morgan fingerprint density at radius 3 is 2.74 bits per heavy atom. The molecule has 1 atom stereocenters. The second-order valence-corrected chi connectivity index (χ2v) is 5.93. The van der Waals surface area contributed by atoms with Crippen LogP contribution in [-0.4, -0.2) is 24.1 Å². The minimum atomic E-state index is 0.174. The molecule has 23 heavy (non-hydrogen) atoms. The van der Waals surface area contributed by atoms with Gasteiger partial charge in [0.05, 0.1) is 19.4 Å². The first-order valence-electron chi connectivity index (χ1n) is 8.18. The van der Waals surface area contributed by atoms with Crippen LogP contribution >= 0.6 is 0 Å². The summed E-state index contributed by atoms with van der Waals surface area (Å²) >= 11 is 0. The van der Waals surface area contributed by atoms with Gasteiger partial charge in [-0.05, 0) is 36.6 Å². The van der Waals surface area contributed by atoms with E-state index in [-0.39, 0.29) is 5.78 Å². The van der Waals surface area contributed by atoms with Crippen LogP contribution in [0.1, 0.15) is 49.0 Å². The van der Waals surface area contributed by atoms with Crippen LogP contribution < -0.4 is 9.47 Å². The summed E-state index contributed by atoms with van der Waals surface area (Å²) in [6.45, 7) is 7.50. The first-order chi connectivity index (χ1) is 11.1. The molecule has 0 aliphatic carbocycles. The van der Waals surface area contributed by atoms with Crippen molar-refractivity contribution in [1.29, 1.82) is 0 Å². The molecule has 3 rings (SSSR count). The molecular weight excluding hydrogens is 290 g/mol. The van der Waals surface area contributed by atoms with E-state index in [9.17, 15) is 4.79 Å². The standard InChI is InChI=1S/C19H23NO3/c1-5-16(21)13-7-8-20-11-12(3)14-9-17(22-4)18(23-6-2)10-15(14)19(13)20/h7-10,12H,5-6,11H2,1-4H3. The summed E-state index contributed by atoms with van der Waals surface area (Å²) < 4.78 is 13.4. The Kier molecular flexibility index (Phi) is 4.16. The van der Waals surface area contributed by atoms with Gasteiger partial charge in [0.2, 0.25) is 0 Å². The summed E-state index contributed by atoms with van der Waals surface area (Å²) in [7, 11) is 1.66. The summed E-state index contributed by atoms with van der Waals surface area (Å²) in [6.07, 6.45) is 2.53. The van der Waals surface area contributed by atoms with E-state index in [4.69, 9.17) is 9.47 Å². The van der Waals surface area contributed by atoms with Crippen molar-refractivity contribution in [3.05, 3.63) is 35.5 Å². The first kappa shape index (κ1) is 15.7. The van der Waals surface area contributed by atoms with Gasteiger partial charge < -0.3 is 14.0 Å². The molecule has 2 heterocycles. The Hall–Kier alpha value is -2.23. The predicted octanol–water partition coefficient (Wildman–Crippen LogP) is 4.27. The highest BCUT2D eigenvalue weighted by atomic mass is 16.5. The molecule has 1 aromatic carbocycles. The van der Waals surface area contributed by atoms with Crippen molar-refractivity contribution in [1.82, 2.24) is 4.57 Å². The van der Waals surface area contributed by atoms with Crippen molar-refractivity contribution >= 4 is 5.78 Å². The molecule has 0 radical (unpaired) electrons. The molecule has 0 N–H and O–H groups in total. The van der Waals surface area contributed by atoms with Gasteiger partial charge in [-0.1, -0.05) is 13.8 Å². The van der Waals surface area contributed by atoms with E-state index < -0.39 is 0 Å². The van der Waals surface area contributed by atoms with E-state index in [2.05, 4.69) is 17.6 Å². The van der Waals surface area contributed by atoms with Crippen molar-refractivity contribution < 1.29 is 14.3 Å². The predicted molar refractivity (Wildman–Crippen MR) is 90.6 cm³/mol. The van der Waals surface area contributed by atoms with Crippen LogP contribution in [0, 0.1) is 0 Å². The normalized spacial score (nSPS) is 15.7. The average Bonchev–Trinajstić information content (AvgIpc) is 2.98. The van der Waals surface area contributed by atoms with Crippen molar-refractivity contribution in [2.45, 2.75) is 39.7 Å². The Balaban J connectivity index is 2.23. The van der Waals surface area contributed by atoms with E-state index in [1.807, 2.05) is 32.2 Å². The molecule has 0 fully saturated rings. The van der Waals surface area contributed by atoms with Crippen molar-refractivity contribution in [2.75, 3.05) is 13.7 Å². The maximum atomic E-state index is 12.3. The Bertz CT molecular complexity index is 745. The fraction of sp³-hybridized carbons (Fsp3) is 0.421. The van der Waals surface area contributed by atoms with Gasteiger partial charge in [0.15, 0.2) is 17.3 Å². The van der Waals surface area contributed by atoms with Gasteiger partial charge in [0, 0.05) is 30.3 Å². The lowest BCUT2D eigenvalue weighted by Gasteiger charge is -2.27. The minimum Gasteiger partial charge on any atom is -0.493 e. The molecule has 1 unspecified atom stereocenters. The lowest BCUT2D eigenvalue weighted by molar-refractivity contribution is 0.0988. The van der Waals surface area contributed by atoms with E-state index in [0.717, 1.165) is 34.9 Å². The van der Waals surface area contributed by atoms with E-state index in [0.29, 0.717) is 18.9 Å². The number of ketones is 1. The number of nitrogens with zero attached hydrogens (tertiary/aromatic N) is 1. The monoisotopic (exact) mass is 313 g/mol. The quantitative estimate of drug-likeness (QED) is 0.774. The fourth-order valence-corrected chi connectivity index (χ4v) is 3.35. The van der Waals surface area contributed by atoms with Gasteiger partial charge in [-0.15, -0.1) is 0 Å². The van der Waals surface area contributed by atoms with Crippen LogP contribution in [0.2, 0.25) is 0 Å². The van der Waals surface area contributed by atoms with Gasteiger partial charge in [-0.25, -0.2) is 0 Å². The Morgan fingerprint density at radius 2 is 2.09 bits per heavy atom. The molecule has 122 valence electrons. The maximum absolute atomic E-state index is 12.3. The van der Waals surface area contributed by atoms with Gasteiger partial charge >= 0.3 is 0 Å². The van der Waals surface area contributed by atoms with Crippen LogP contribution in [0.3, 0.4) is 0 Å². The summed E-state index contributed by atoms with van der Waals surface area (Å²) in [5.74, 6) is 2.01. The zero-order valence-corrected chi connectivity index (χ0v) is 14.2. The van der Waals surface area contributed by atoms with Crippen LogP contribution in [0.15, 0.2) is 24.4 Å². The third-order valence-electron chi connectivity index (χ3n) is 4.48. The zero-order valence-electron chi connectivity index (χ0n) is 14.2. The van der Waals surface area contributed by atoms with Crippen LogP contribution in [-0.2, 0) is 6.54 Å². The number of carbonyl (C=O) groups excluding carboxylic acids is 1. The number of fused-ring (bicyclic) bond motifs is 3. The van der Waals surface area contributed by atoms with Crippen molar-refractivity contribution in [3.63, 3.8) is 0 Å². The van der Waals surface area contributed by atoms with E-state index in [1.54, 1.807) is 7.11 Å². The second-order valence-electron chi connectivity index (χ2n) is 5.93. The van der Waals surface area contributed by atoms with Crippen LogP contribution in [0.5, 0.6) is 11.5 Å². The largest absolute Gasteiger partial charge is 0.493 e. The molecule has 1 aliphatic heterocycles. The molecule has 0 saturated heterocycles. The molecule has 4 heteroatoms. The highest BCUT2D eigenvalue weighted by molar-refractivity contribution is 6.02. The topological polar surface area (TPSA) is 40.5 Å². The number of rotatable bonds is 5. The van der Waals surface area contributed by atoms with Crippen molar-refractivity contribution in [2.24, 2.45) is 0 Å². The first-order valence-corrected chi connectivity index (χ1v) is 8.18. The number of methoxy groups -OCH3 is 1. The average molecular weight is 313 g/mol. The van der Waals surface area contributed by atoms with Crippen LogP contribution in [0.4, 0.5) is 0 Å². The SMILES string of the molecule is CCOc1cc2c(cc1OC)C(C)Cn1ccc(C(=O)CC)c1-2. The molecular formula is C19H23NO3. The minimum absolute atomic E-state index is 0.174. The highest BCUT2D eigenvalue weighted by Gasteiger charge is 2.28. The lowest BCUT2D eigenvalue weighted by atomic mass is 9.88. The lowest BCUT2D eigenvalue weighted by Crippen LogP contribution is -2.16. The number of aromatic nitrogens is 1. The fourth-order valence-electron chi connectivity index (χ4n) is 3.35. The molecule has 0 spiro atoms. The number of benzene rings is 1. The number of ether oxygens (including phenoxy) is 2. The van der Waals surface area contributed by atoms with Gasteiger partial charge in [-0.3, -0.25) is 4.79 Å². The molecule has 1 aliphatic rings. The Morgan fingerprint density at radius 1 is 1.30 bits per heavy atom. The smallest absolute Gasteiger partial charge is 0.164 e. The maximum Gasteiger partial charge on any atom is 0.164 e. The van der Waals surface area contributed by atoms with Crippen LogP contribution in [0.25, 0.3) is 11.3 Å². The van der Waals surface area contributed by atoms with E-state index >= 15 is 0 Å². The second kappa shape index (κ2) is 6.11. The van der Waals surface area contributed by atoms with Crippen molar-refractivity contribution in [3.8, 4) is 22.8 Å². The zero-order chi connectivity index (χ0) is 16.6. The van der Waals surface area contributed by atoms with Gasteiger partial charge in [0.1, 0.15) is 0 Å². The molecule has 0 bridgehead atoms. The van der Waals surface area contributed by atoms with E-state index in [1.165, 1.54) is 5.56 Å². The third-order valence-corrected chi connectivity index (χ3v) is 4.48. The third kappa shape index (κ3) is 2.52. The summed E-state index contributed by atoms with van der Waals surface area (Å²) in [4.78, 5) is 12.3. The molecule has 1 aromatic heterocycles. The number of Topliss-reactive ketones (excluding diaryl/α,β-unsaturated/α-hetero) is 1. The Labute approximate surface area is 137 Å². The molecule has 0 amide bonds. The number of carbonyl (C=O) groups is 1. The number of hydrogen-bond acceptors (Lipinski definition) is 3. The molecule has 2 aromatic rings. The highest BCUT2D eigenvalue weighted by Crippen LogP contribution is 2.44. The number of hydrogen-bond donors (Lipinski definition) is 0.